The van der Waals surface area contributed by atoms with E-state index in [1.165, 1.54) is 6.92 Å². The third kappa shape index (κ3) is 3.25. The van der Waals surface area contributed by atoms with Gasteiger partial charge in [-0.05, 0) is 30.7 Å². The van der Waals surface area contributed by atoms with Crippen molar-refractivity contribution in [2.45, 2.75) is 13.0 Å². The molecule has 1 aromatic carbocycles. The second-order valence-electron chi connectivity index (χ2n) is 4.34. The Bertz CT molecular complexity index is 624. The Labute approximate surface area is 131 Å². The van der Waals surface area contributed by atoms with Crippen LogP contribution in [0.25, 0.3) is 6.08 Å². The Hall–Kier alpha value is -1.86. The second-order valence-corrected chi connectivity index (χ2v) is 6.01. The van der Waals surface area contributed by atoms with Crippen LogP contribution in [0.3, 0.4) is 0 Å². The van der Waals surface area contributed by atoms with Crippen molar-refractivity contribution in [3.05, 3.63) is 34.7 Å². The van der Waals surface area contributed by atoms with Crippen molar-refractivity contribution in [2.75, 3.05) is 7.11 Å². The number of rotatable bonds is 4. The van der Waals surface area contributed by atoms with Crippen LogP contribution in [0.1, 0.15) is 12.5 Å². The molecule has 2 rings (SSSR count). The number of thioether (sulfide) groups is 1. The van der Waals surface area contributed by atoms with E-state index in [0.29, 0.717) is 4.91 Å². The summed E-state index contributed by atoms with van der Waals surface area (Å²) in [5, 5.41) is 9.02. The van der Waals surface area contributed by atoms with Gasteiger partial charge in [-0.3, -0.25) is 9.69 Å². The maximum atomic E-state index is 12.3. The molecule has 1 aliphatic rings. The van der Waals surface area contributed by atoms with Gasteiger partial charge >= 0.3 is 5.97 Å². The number of carboxylic acid groups (broad SMARTS) is 1. The number of ether oxygens (including phenoxy) is 1. The fraction of sp³-hybridized carbons (Fsp3) is 0.214. The van der Waals surface area contributed by atoms with Gasteiger partial charge < -0.3 is 9.84 Å². The zero-order valence-corrected chi connectivity index (χ0v) is 13.0. The third-order valence-corrected chi connectivity index (χ3v) is 4.31. The van der Waals surface area contributed by atoms with E-state index in [1.54, 1.807) is 25.3 Å². The predicted molar refractivity (Wildman–Crippen MR) is 85.1 cm³/mol. The summed E-state index contributed by atoms with van der Waals surface area (Å²) < 4.78 is 5.32. The highest BCUT2D eigenvalue weighted by atomic mass is 32.2. The number of methoxy groups -OCH3 is 1. The van der Waals surface area contributed by atoms with E-state index in [1.807, 2.05) is 12.1 Å². The lowest BCUT2D eigenvalue weighted by molar-refractivity contribution is -0.144. The van der Waals surface area contributed by atoms with Crippen LogP contribution in [0.5, 0.6) is 5.75 Å². The molecule has 0 unspecified atom stereocenters. The lowest BCUT2D eigenvalue weighted by Gasteiger charge is -2.18. The van der Waals surface area contributed by atoms with E-state index in [2.05, 4.69) is 0 Å². The van der Waals surface area contributed by atoms with Crippen molar-refractivity contribution in [3.8, 4) is 5.75 Å². The van der Waals surface area contributed by atoms with Gasteiger partial charge in [0, 0.05) is 0 Å². The molecule has 1 atom stereocenters. The third-order valence-electron chi connectivity index (χ3n) is 2.98. The topological polar surface area (TPSA) is 66.8 Å². The molecule has 110 valence electrons. The van der Waals surface area contributed by atoms with Crippen molar-refractivity contribution in [2.24, 2.45) is 0 Å². The summed E-state index contributed by atoms with van der Waals surface area (Å²) in [5.41, 5.74) is 0.819. The maximum Gasteiger partial charge on any atom is 0.326 e. The molecule has 5 nitrogen and oxygen atoms in total. The molecule has 0 bridgehead atoms. The molecule has 1 heterocycles. The smallest absolute Gasteiger partial charge is 0.326 e. The Morgan fingerprint density at radius 1 is 1.43 bits per heavy atom. The molecule has 21 heavy (non-hydrogen) atoms. The first kappa shape index (κ1) is 15.5. The summed E-state index contributed by atoms with van der Waals surface area (Å²) in [4.78, 5) is 24.8. The summed E-state index contributed by atoms with van der Waals surface area (Å²) in [6.45, 7) is 1.43. The summed E-state index contributed by atoms with van der Waals surface area (Å²) in [6, 6.07) is 6.22. The first-order chi connectivity index (χ1) is 9.93. The Kier molecular flexibility index (Phi) is 4.64. The minimum absolute atomic E-state index is 0.259. The molecule has 0 aromatic heterocycles. The van der Waals surface area contributed by atoms with Crippen LogP contribution in [-0.4, -0.2) is 39.4 Å². The Balaban J connectivity index is 2.25. The Morgan fingerprint density at radius 2 is 2.05 bits per heavy atom. The van der Waals surface area contributed by atoms with Crippen LogP contribution in [-0.2, 0) is 9.59 Å². The van der Waals surface area contributed by atoms with E-state index >= 15 is 0 Å². The average molecular weight is 323 g/mol. The molecule has 0 radical (unpaired) electrons. The number of thiocarbonyl (C=S) groups is 1. The van der Waals surface area contributed by atoms with Crippen LogP contribution in [0.2, 0.25) is 0 Å². The lowest BCUT2D eigenvalue weighted by atomic mass is 10.2. The summed E-state index contributed by atoms with van der Waals surface area (Å²) >= 11 is 6.20. The van der Waals surface area contributed by atoms with Crippen molar-refractivity contribution >= 4 is 46.3 Å². The van der Waals surface area contributed by atoms with Gasteiger partial charge in [-0.15, -0.1) is 0 Å². The molecule has 1 amide bonds. The molecular weight excluding hydrogens is 310 g/mol. The van der Waals surface area contributed by atoms with Gasteiger partial charge in [-0.25, -0.2) is 4.79 Å². The summed E-state index contributed by atoms with van der Waals surface area (Å²) in [5.74, 6) is -0.744. The maximum absolute atomic E-state index is 12.3. The molecule has 1 saturated heterocycles. The number of benzene rings is 1. The lowest BCUT2D eigenvalue weighted by Crippen LogP contribution is -2.41. The van der Waals surface area contributed by atoms with Gasteiger partial charge in [0.05, 0.1) is 12.0 Å². The van der Waals surface area contributed by atoms with Crippen LogP contribution < -0.4 is 4.74 Å². The second kappa shape index (κ2) is 6.28. The van der Waals surface area contributed by atoms with Gasteiger partial charge in [0.25, 0.3) is 5.91 Å². The normalized spacial score (nSPS) is 18.2. The van der Waals surface area contributed by atoms with Crippen LogP contribution in [0.4, 0.5) is 0 Å². The van der Waals surface area contributed by atoms with E-state index in [4.69, 9.17) is 22.1 Å². The molecule has 0 saturated carbocycles. The van der Waals surface area contributed by atoms with Crippen molar-refractivity contribution < 1.29 is 19.4 Å². The highest BCUT2D eigenvalue weighted by molar-refractivity contribution is 8.26. The SMILES string of the molecule is COc1ccc(/C=C2/SC(=S)N([C@H](C)C(=O)O)C2=O)cc1. The number of nitrogens with zero attached hydrogens (tertiary/aromatic N) is 1. The number of carbonyl (C=O) groups excluding carboxylic acids is 1. The standard InChI is InChI=1S/C14H13NO4S2/c1-8(13(17)18)15-12(16)11(21-14(15)20)7-9-3-5-10(19-2)6-4-9/h3-8H,1-2H3,(H,17,18)/b11-7+/t8-/m1/s1. The van der Waals surface area contributed by atoms with E-state index < -0.39 is 12.0 Å². The predicted octanol–water partition coefficient (Wildman–Crippen LogP) is 2.37. The number of hydrogen-bond donors (Lipinski definition) is 1. The van der Waals surface area contributed by atoms with Crippen LogP contribution in [0, 0.1) is 0 Å². The molecule has 7 heteroatoms. The van der Waals surface area contributed by atoms with Crippen LogP contribution >= 0.6 is 24.0 Å². The van der Waals surface area contributed by atoms with Crippen molar-refractivity contribution in [3.63, 3.8) is 0 Å². The quantitative estimate of drug-likeness (QED) is 0.678. The number of aliphatic carboxylic acids is 1. The molecule has 1 aliphatic heterocycles. The first-order valence-electron chi connectivity index (χ1n) is 6.08. The molecule has 1 fully saturated rings. The monoisotopic (exact) mass is 323 g/mol. The first-order valence-corrected chi connectivity index (χ1v) is 7.30. The Morgan fingerprint density at radius 3 is 2.57 bits per heavy atom. The van der Waals surface area contributed by atoms with E-state index in [-0.39, 0.29) is 10.2 Å². The molecule has 0 aliphatic carbocycles. The van der Waals surface area contributed by atoms with E-state index in [0.717, 1.165) is 28.0 Å². The van der Waals surface area contributed by atoms with E-state index in [9.17, 15) is 9.59 Å². The molecular formula is C14H13NO4S2. The fourth-order valence-electron chi connectivity index (χ4n) is 1.78. The number of hydrogen-bond acceptors (Lipinski definition) is 5. The largest absolute Gasteiger partial charge is 0.497 e. The molecule has 1 N–H and O–H groups in total. The minimum Gasteiger partial charge on any atom is -0.497 e. The van der Waals surface area contributed by atoms with Crippen LogP contribution in [0.15, 0.2) is 29.2 Å². The van der Waals surface area contributed by atoms with Crippen molar-refractivity contribution in [1.82, 2.24) is 4.90 Å². The molecule has 1 aromatic rings. The van der Waals surface area contributed by atoms with Gasteiger partial charge in [-0.1, -0.05) is 36.1 Å². The zero-order valence-electron chi connectivity index (χ0n) is 11.4. The summed E-state index contributed by atoms with van der Waals surface area (Å²) in [7, 11) is 1.58. The van der Waals surface area contributed by atoms with Gasteiger partial charge in [0.15, 0.2) is 0 Å². The number of amides is 1. The zero-order chi connectivity index (χ0) is 15.6. The highest BCUT2D eigenvalue weighted by Crippen LogP contribution is 2.34. The number of carboxylic acids is 1. The summed E-state index contributed by atoms with van der Waals surface area (Å²) in [6.07, 6.45) is 1.69. The average Bonchev–Trinajstić information content (AvgIpc) is 2.73. The minimum atomic E-state index is -1.09. The number of carbonyl (C=O) groups is 2. The van der Waals surface area contributed by atoms with Crippen molar-refractivity contribution in [1.29, 1.82) is 0 Å². The van der Waals surface area contributed by atoms with Gasteiger partial charge in [-0.2, -0.15) is 0 Å². The van der Waals surface area contributed by atoms with Gasteiger partial charge in [0.2, 0.25) is 0 Å². The van der Waals surface area contributed by atoms with Gasteiger partial charge in [0.1, 0.15) is 16.1 Å². The molecule has 0 spiro atoms. The fourth-order valence-corrected chi connectivity index (χ4v) is 3.19. The highest BCUT2D eigenvalue weighted by Gasteiger charge is 2.38.